The van der Waals surface area contributed by atoms with Crippen molar-refractivity contribution >= 4 is 17.7 Å². The number of aromatic carboxylic acids is 1. The maximum atomic E-state index is 13.8. The highest BCUT2D eigenvalue weighted by Crippen LogP contribution is 2.24. The smallest absolute Gasteiger partial charge is 0.337 e. The third-order valence-electron chi connectivity index (χ3n) is 3.37. The average Bonchev–Trinajstić information content (AvgIpc) is 2.40. The maximum Gasteiger partial charge on any atom is 0.337 e. The van der Waals surface area contributed by atoms with Crippen LogP contribution in [-0.4, -0.2) is 47.3 Å². The molecule has 0 bridgehead atoms. The predicted octanol–water partition coefficient (Wildman–Crippen LogP) is 2.17. The molecule has 0 unspecified atom stereocenters. The molecule has 1 heterocycles. The highest BCUT2D eigenvalue weighted by atomic mass is 19.1. The first-order valence-electron chi connectivity index (χ1n) is 6.51. The summed E-state index contributed by atoms with van der Waals surface area (Å²) < 4.78 is 19.1. The molecule has 2 N–H and O–H groups in total. The van der Waals surface area contributed by atoms with Crippen molar-refractivity contribution in [3.8, 4) is 0 Å². The van der Waals surface area contributed by atoms with E-state index in [0.29, 0.717) is 19.8 Å². The van der Waals surface area contributed by atoms with Gasteiger partial charge in [-0.3, -0.25) is 0 Å². The Balaban J connectivity index is 2.26. The number of hydrogen-bond donors (Lipinski definition) is 2. The number of urea groups is 1. The molecule has 1 aliphatic heterocycles. The highest BCUT2D eigenvalue weighted by molar-refractivity contribution is 6.00. The Labute approximate surface area is 121 Å². The van der Waals surface area contributed by atoms with E-state index in [9.17, 15) is 14.0 Å². The van der Waals surface area contributed by atoms with E-state index < -0.39 is 23.4 Å². The molecule has 1 aromatic carbocycles. The molecule has 2 rings (SSSR count). The molecule has 2 amide bonds. The van der Waals surface area contributed by atoms with Crippen molar-refractivity contribution in [2.45, 2.75) is 19.4 Å². The van der Waals surface area contributed by atoms with E-state index in [2.05, 4.69) is 5.32 Å². The number of carbonyl (C=O) groups is 2. The molecule has 6 nitrogen and oxygen atoms in total. The molecule has 0 aliphatic carbocycles. The first kappa shape index (κ1) is 15.2. The number of nitrogens with one attached hydrogen (secondary N) is 1. The first-order chi connectivity index (χ1) is 9.83. The SMILES string of the molecule is CC1(C)COCCN1C(=O)Nc1c(F)cccc1C(=O)O. The van der Waals surface area contributed by atoms with E-state index in [1.807, 2.05) is 13.8 Å². The van der Waals surface area contributed by atoms with E-state index >= 15 is 0 Å². The van der Waals surface area contributed by atoms with Crippen LogP contribution >= 0.6 is 0 Å². The lowest BCUT2D eigenvalue weighted by Gasteiger charge is -2.41. The van der Waals surface area contributed by atoms with E-state index in [1.165, 1.54) is 17.0 Å². The van der Waals surface area contributed by atoms with Crippen molar-refractivity contribution in [1.29, 1.82) is 0 Å². The minimum atomic E-state index is -1.30. The number of carboxylic acids is 1. The molecule has 114 valence electrons. The summed E-state index contributed by atoms with van der Waals surface area (Å²) in [5.41, 5.74) is -1.15. The number of rotatable bonds is 2. The molecule has 1 fully saturated rings. The summed E-state index contributed by atoms with van der Waals surface area (Å²) in [6, 6.07) is 3.08. The highest BCUT2D eigenvalue weighted by Gasteiger charge is 2.34. The Kier molecular flexibility index (Phi) is 4.13. The molecule has 0 radical (unpaired) electrons. The molecule has 1 aliphatic rings. The van der Waals surface area contributed by atoms with Gasteiger partial charge in [-0.05, 0) is 26.0 Å². The number of carboxylic acid groups (broad SMARTS) is 1. The van der Waals surface area contributed by atoms with Crippen molar-refractivity contribution in [2.75, 3.05) is 25.1 Å². The first-order valence-corrected chi connectivity index (χ1v) is 6.51. The van der Waals surface area contributed by atoms with Gasteiger partial charge in [-0.15, -0.1) is 0 Å². The Hall–Kier alpha value is -2.15. The number of amides is 2. The Morgan fingerprint density at radius 1 is 1.43 bits per heavy atom. The van der Waals surface area contributed by atoms with Gasteiger partial charge in [0, 0.05) is 6.54 Å². The third-order valence-corrected chi connectivity index (χ3v) is 3.37. The maximum absolute atomic E-state index is 13.8. The minimum absolute atomic E-state index is 0.283. The van der Waals surface area contributed by atoms with Crippen LogP contribution in [0.15, 0.2) is 18.2 Å². The van der Waals surface area contributed by atoms with Crippen molar-refractivity contribution in [3.63, 3.8) is 0 Å². The van der Waals surface area contributed by atoms with Gasteiger partial charge in [-0.2, -0.15) is 0 Å². The summed E-state index contributed by atoms with van der Waals surface area (Å²) in [7, 11) is 0. The molecule has 21 heavy (non-hydrogen) atoms. The van der Waals surface area contributed by atoms with Crippen LogP contribution in [0.1, 0.15) is 24.2 Å². The molecule has 0 aromatic heterocycles. The number of benzene rings is 1. The van der Waals surface area contributed by atoms with Crippen LogP contribution in [0.4, 0.5) is 14.9 Å². The zero-order chi connectivity index (χ0) is 15.6. The number of para-hydroxylation sites is 1. The fourth-order valence-corrected chi connectivity index (χ4v) is 2.24. The second kappa shape index (κ2) is 5.69. The molecule has 1 aromatic rings. The third kappa shape index (κ3) is 3.13. The minimum Gasteiger partial charge on any atom is -0.478 e. The van der Waals surface area contributed by atoms with Crippen LogP contribution < -0.4 is 5.32 Å². The average molecular weight is 296 g/mol. The van der Waals surface area contributed by atoms with Gasteiger partial charge in [0.1, 0.15) is 5.82 Å². The largest absolute Gasteiger partial charge is 0.478 e. The monoisotopic (exact) mass is 296 g/mol. The van der Waals surface area contributed by atoms with E-state index in [4.69, 9.17) is 9.84 Å². The molecule has 0 atom stereocenters. The van der Waals surface area contributed by atoms with Crippen LogP contribution in [0.25, 0.3) is 0 Å². The van der Waals surface area contributed by atoms with Crippen LogP contribution in [0.2, 0.25) is 0 Å². The number of morpholine rings is 1. The van der Waals surface area contributed by atoms with Crippen LogP contribution in [0, 0.1) is 5.82 Å². The summed E-state index contributed by atoms with van der Waals surface area (Å²) in [4.78, 5) is 24.9. The van der Waals surface area contributed by atoms with Gasteiger partial charge in [0.2, 0.25) is 0 Å². The van der Waals surface area contributed by atoms with Crippen LogP contribution in [0.3, 0.4) is 0 Å². The fourth-order valence-electron chi connectivity index (χ4n) is 2.24. The van der Waals surface area contributed by atoms with E-state index in [1.54, 1.807) is 0 Å². The molecule has 1 saturated heterocycles. The summed E-state index contributed by atoms with van der Waals surface area (Å²) in [5, 5.41) is 11.4. The van der Waals surface area contributed by atoms with Gasteiger partial charge in [0.25, 0.3) is 0 Å². The lowest BCUT2D eigenvalue weighted by Crippen LogP contribution is -2.56. The standard InChI is InChI=1S/C14H17FN2O4/c1-14(2)8-21-7-6-17(14)13(20)16-11-9(12(18)19)4-3-5-10(11)15/h3-5H,6-8H2,1-2H3,(H,16,20)(H,18,19). The molecular weight excluding hydrogens is 279 g/mol. The fraction of sp³-hybridized carbons (Fsp3) is 0.429. The van der Waals surface area contributed by atoms with Crippen molar-refractivity contribution in [1.82, 2.24) is 4.90 Å². The Bertz CT molecular complexity index is 574. The van der Waals surface area contributed by atoms with Crippen LogP contribution in [-0.2, 0) is 4.74 Å². The second-order valence-corrected chi connectivity index (χ2v) is 5.41. The quantitative estimate of drug-likeness (QED) is 0.876. The molecule has 0 saturated carbocycles. The van der Waals surface area contributed by atoms with Gasteiger partial charge in [0.05, 0.1) is 30.0 Å². The zero-order valence-corrected chi connectivity index (χ0v) is 11.9. The van der Waals surface area contributed by atoms with Gasteiger partial charge < -0.3 is 20.1 Å². The molecular formula is C14H17FN2O4. The van der Waals surface area contributed by atoms with Gasteiger partial charge in [-0.25, -0.2) is 14.0 Å². The summed E-state index contributed by atoms with van der Waals surface area (Å²) in [6.45, 7) is 4.76. The predicted molar refractivity (Wildman–Crippen MR) is 74.0 cm³/mol. The van der Waals surface area contributed by atoms with Gasteiger partial charge in [0.15, 0.2) is 0 Å². The Morgan fingerprint density at radius 3 is 2.76 bits per heavy atom. The number of ether oxygens (including phenoxy) is 1. The van der Waals surface area contributed by atoms with Crippen molar-refractivity contribution in [3.05, 3.63) is 29.6 Å². The summed E-state index contributed by atoms with van der Waals surface area (Å²) in [5.74, 6) is -2.08. The van der Waals surface area contributed by atoms with Crippen molar-refractivity contribution < 1.29 is 23.8 Å². The topological polar surface area (TPSA) is 78.9 Å². The second-order valence-electron chi connectivity index (χ2n) is 5.41. The lowest BCUT2D eigenvalue weighted by molar-refractivity contribution is -0.0249. The number of nitrogens with zero attached hydrogens (tertiary/aromatic N) is 1. The van der Waals surface area contributed by atoms with Crippen molar-refractivity contribution in [2.24, 2.45) is 0 Å². The van der Waals surface area contributed by atoms with Gasteiger partial charge in [-0.1, -0.05) is 6.07 Å². The van der Waals surface area contributed by atoms with Gasteiger partial charge >= 0.3 is 12.0 Å². The molecule has 0 spiro atoms. The molecule has 7 heteroatoms. The number of carbonyl (C=O) groups excluding carboxylic acids is 1. The summed E-state index contributed by atoms with van der Waals surface area (Å²) >= 11 is 0. The lowest BCUT2D eigenvalue weighted by atomic mass is 10.0. The summed E-state index contributed by atoms with van der Waals surface area (Å²) in [6.07, 6.45) is 0. The zero-order valence-electron chi connectivity index (χ0n) is 11.9. The van der Waals surface area contributed by atoms with E-state index in [-0.39, 0.29) is 11.3 Å². The number of halogens is 1. The Morgan fingerprint density at radius 2 is 2.14 bits per heavy atom. The number of anilines is 1. The van der Waals surface area contributed by atoms with Crippen LogP contribution in [0.5, 0.6) is 0 Å². The number of hydrogen-bond acceptors (Lipinski definition) is 3. The normalized spacial score (nSPS) is 17.4. The van der Waals surface area contributed by atoms with E-state index in [0.717, 1.165) is 6.07 Å².